The van der Waals surface area contributed by atoms with E-state index in [9.17, 15) is 0 Å². The molecule has 0 aliphatic carbocycles. The highest BCUT2D eigenvalue weighted by molar-refractivity contribution is 5.92. The number of rotatable bonds is 5. The molecule has 7 heteroatoms. The van der Waals surface area contributed by atoms with Gasteiger partial charge in [0.2, 0.25) is 0 Å². The third-order valence-electron chi connectivity index (χ3n) is 4.21. The molecule has 1 aromatic heterocycles. The third-order valence-corrected chi connectivity index (χ3v) is 4.21. The lowest BCUT2D eigenvalue weighted by Crippen LogP contribution is -2.47. The van der Waals surface area contributed by atoms with Gasteiger partial charge in [-0.1, -0.05) is 0 Å². The first-order valence-corrected chi connectivity index (χ1v) is 7.71. The minimum absolute atomic E-state index is 0.202. The molecule has 2 aromatic rings. The van der Waals surface area contributed by atoms with Crippen molar-refractivity contribution in [3.05, 3.63) is 18.5 Å². The lowest BCUT2D eigenvalue weighted by atomic mass is 10.2. The molecular formula is C16H22N4O3. The van der Waals surface area contributed by atoms with Crippen LogP contribution in [-0.4, -0.2) is 73.5 Å². The fraction of sp³-hybridized carbons (Fsp3) is 0.500. The SMILES string of the molecule is COc1cc2ncnc(N3CCN(CCO)CC3)c2cc1OC. The van der Waals surface area contributed by atoms with Crippen LogP contribution in [0.2, 0.25) is 0 Å². The van der Waals surface area contributed by atoms with Crippen LogP contribution >= 0.6 is 0 Å². The van der Waals surface area contributed by atoms with E-state index in [1.54, 1.807) is 20.5 Å². The molecule has 0 unspecified atom stereocenters. The summed E-state index contributed by atoms with van der Waals surface area (Å²) in [6, 6.07) is 3.81. The van der Waals surface area contributed by atoms with E-state index in [0.29, 0.717) is 11.5 Å². The first kappa shape index (κ1) is 15.8. The molecule has 7 nitrogen and oxygen atoms in total. The van der Waals surface area contributed by atoms with Crippen molar-refractivity contribution in [1.82, 2.24) is 14.9 Å². The van der Waals surface area contributed by atoms with E-state index in [1.165, 1.54) is 0 Å². The van der Waals surface area contributed by atoms with Crippen molar-refractivity contribution in [3.8, 4) is 11.5 Å². The highest BCUT2D eigenvalue weighted by Crippen LogP contribution is 2.34. The minimum Gasteiger partial charge on any atom is -0.493 e. The van der Waals surface area contributed by atoms with Crippen molar-refractivity contribution in [2.45, 2.75) is 0 Å². The van der Waals surface area contributed by atoms with E-state index in [-0.39, 0.29) is 6.61 Å². The van der Waals surface area contributed by atoms with Crippen molar-refractivity contribution in [2.75, 3.05) is 58.5 Å². The van der Waals surface area contributed by atoms with Crippen LogP contribution in [0.3, 0.4) is 0 Å². The highest BCUT2D eigenvalue weighted by atomic mass is 16.5. The molecule has 1 saturated heterocycles. The van der Waals surface area contributed by atoms with Gasteiger partial charge in [-0.05, 0) is 6.07 Å². The highest BCUT2D eigenvalue weighted by Gasteiger charge is 2.20. The number of hydrogen-bond donors (Lipinski definition) is 1. The number of benzene rings is 1. The zero-order chi connectivity index (χ0) is 16.2. The van der Waals surface area contributed by atoms with E-state index < -0.39 is 0 Å². The summed E-state index contributed by atoms with van der Waals surface area (Å²) < 4.78 is 10.7. The van der Waals surface area contributed by atoms with Gasteiger partial charge in [-0.15, -0.1) is 0 Å². The molecule has 23 heavy (non-hydrogen) atoms. The lowest BCUT2D eigenvalue weighted by Gasteiger charge is -2.35. The minimum atomic E-state index is 0.202. The van der Waals surface area contributed by atoms with E-state index in [4.69, 9.17) is 14.6 Å². The van der Waals surface area contributed by atoms with Gasteiger partial charge in [-0.3, -0.25) is 4.90 Å². The summed E-state index contributed by atoms with van der Waals surface area (Å²) in [6.45, 7) is 4.51. The summed E-state index contributed by atoms with van der Waals surface area (Å²) >= 11 is 0. The number of ether oxygens (including phenoxy) is 2. The van der Waals surface area contributed by atoms with Crippen LogP contribution < -0.4 is 14.4 Å². The maximum absolute atomic E-state index is 9.05. The molecule has 124 valence electrons. The predicted octanol–water partition coefficient (Wildman–Crippen LogP) is 0.761. The standard InChI is InChI=1S/C16H22N4O3/c1-22-14-9-12-13(10-15(14)23-2)17-11-18-16(12)20-5-3-19(4-6-20)7-8-21/h9-11,21H,3-8H2,1-2H3. The normalized spacial score (nSPS) is 15.9. The number of anilines is 1. The number of nitrogens with zero attached hydrogens (tertiary/aromatic N) is 4. The van der Waals surface area contributed by atoms with Gasteiger partial charge < -0.3 is 19.5 Å². The number of fused-ring (bicyclic) bond motifs is 1. The Hall–Kier alpha value is -2.12. The van der Waals surface area contributed by atoms with Crippen molar-refractivity contribution in [2.24, 2.45) is 0 Å². The fourth-order valence-corrected chi connectivity index (χ4v) is 2.95. The van der Waals surface area contributed by atoms with Gasteiger partial charge in [0.05, 0.1) is 26.3 Å². The van der Waals surface area contributed by atoms with Gasteiger partial charge in [-0.25, -0.2) is 9.97 Å². The summed E-state index contributed by atoms with van der Waals surface area (Å²) in [5.41, 5.74) is 0.838. The second-order valence-corrected chi connectivity index (χ2v) is 5.47. The second kappa shape index (κ2) is 6.97. The summed E-state index contributed by atoms with van der Waals surface area (Å²) in [4.78, 5) is 13.3. The summed E-state index contributed by atoms with van der Waals surface area (Å²) in [5.74, 6) is 2.26. The zero-order valence-electron chi connectivity index (χ0n) is 13.5. The van der Waals surface area contributed by atoms with Gasteiger partial charge in [0.15, 0.2) is 11.5 Å². The Bertz CT molecular complexity index is 672. The van der Waals surface area contributed by atoms with Crippen LogP contribution in [0.15, 0.2) is 18.5 Å². The summed E-state index contributed by atoms with van der Waals surface area (Å²) in [6.07, 6.45) is 1.59. The molecule has 0 radical (unpaired) electrons. The average Bonchev–Trinajstić information content (AvgIpc) is 2.61. The van der Waals surface area contributed by atoms with E-state index in [2.05, 4.69) is 19.8 Å². The van der Waals surface area contributed by atoms with Crippen LogP contribution in [0.4, 0.5) is 5.82 Å². The summed E-state index contributed by atoms with van der Waals surface area (Å²) in [5, 5.41) is 10.0. The fourth-order valence-electron chi connectivity index (χ4n) is 2.95. The maximum atomic E-state index is 9.05. The zero-order valence-corrected chi connectivity index (χ0v) is 13.5. The molecule has 2 heterocycles. The molecule has 0 spiro atoms. The van der Waals surface area contributed by atoms with E-state index in [0.717, 1.165) is 49.4 Å². The van der Waals surface area contributed by atoms with Crippen LogP contribution in [0.25, 0.3) is 10.9 Å². The maximum Gasteiger partial charge on any atom is 0.162 e. The van der Waals surface area contributed by atoms with Gasteiger partial charge in [0.25, 0.3) is 0 Å². The van der Waals surface area contributed by atoms with Crippen molar-refractivity contribution < 1.29 is 14.6 Å². The van der Waals surface area contributed by atoms with E-state index in [1.807, 2.05) is 12.1 Å². The van der Waals surface area contributed by atoms with Crippen molar-refractivity contribution in [1.29, 1.82) is 0 Å². The molecule has 1 aromatic carbocycles. The Morgan fingerprint density at radius 1 is 1.04 bits per heavy atom. The number of methoxy groups -OCH3 is 2. The lowest BCUT2D eigenvalue weighted by molar-refractivity contribution is 0.188. The predicted molar refractivity (Wildman–Crippen MR) is 88.4 cm³/mol. The number of β-amino-alcohol motifs (C(OH)–C–C–N with tert-alkyl or cyclic N) is 1. The molecule has 1 aliphatic rings. The van der Waals surface area contributed by atoms with Gasteiger partial charge in [0.1, 0.15) is 12.1 Å². The number of hydrogen-bond acceptors (Lipinski definition) is 7. The molecular weight excluding hydrogens is 296 g/mol. The quantitative estimate of drug-likeness (QED) is 0.872. The van der Waals surface area contributed by atoms with Crippen LogP contribution in [-0.2, 0) is 0 Å². The Labute approximate surface area is 135 Å². The Morgan fingerprint density at radius 2 is 1.74 bits per heavy atom. The van der Waals surface area contributed by atoms with E-state index >= 15 is 0 Å². The molecule has 0 saturated carbocycles. The van der Waals surface area contributed by atoms with Gasteiger partial charge in [-0.2, -0.15) is 0 Å². The molecule has 1 aliphatic heterocycles. The molecule has 1 N–H and O–H groups in total. The first-order valence-electron chi connectivity index (χ1n) is 7.71. The van der Waals surface area contributed by atoms with Crippen LogP contribution in [0, 0.1) is 0 Å². The largest absolute Gasteiger partial charge is 0.493 e. The van der Waals surface area contributed by atoms with Gasteiger partial charge >= 0.3 is 0 Å². The van der Waals surface area contributed by atoms with Crippen LogP contribution in [0.5, 0.6) is 11.5 Å². The number of aliphatic hydroxyl groups is 1. The number of aliphatic hydroxyl groups excluding tert-OH is 1. The molecule has 0 atom stereocenters. The van der Waals surface area contributed by atoms with Crippen molar-refractivity contribution in [3.63, 3.8) is 0 Å². The average molecular weight is 318 g/mol. The molecule has 0 bridgehead atoms. The third kappa shape index (κ3) is 3.16. The Morgan fingerprint density at radius 3 is 2.39 bits per heavy atom. The molecule has 0 amide bonds. The monoisotopic (exact) mass is 318 g/mol. The molecule has 1 fully saturated rings. The number of aromatic nitrogens is 2. The Kier molecular flexibility index (Phi) is 4.78. The number of piperazine rings is 1. The molecule has 3 rings (SSSR count). The first-order chi connectivity index (χ1) is 11.3. The summed E-state index contributed by atoms with van der Waals surface area (Å²) in [7, 11) is 3.24. The van der Waals surface area contributed by atoms with Crippen LogP contribution in [0.1, 0.15) is 0 Å². The topological polar surface area (TPSA) is 71.0 Å². The van der Waals surface area contributed by atoms with Crippen molar-refractivity contribution >= 4 is 16.7 Å². The second-order valence-electron chi connectivity index (χ2n) is 5.47. The Balaban J connectivity index is 1.92. The smallest absolute Gasteiger partial charge is 0.162 e. The van der Waals surface area contributed by atoms with Gasteiger partial charge in [0, 0.05) is 44.2 Å².